The van der Waals surface area contributed by atoms with E-state index in [9.17, 15) is 0 Å². The van der Waals surface area contributed by atoms with Gasteiger partial charge in [-0.1, -0.05) is 46.3 Å². The van der Waals surface area contributed by atoms with E-state index in [0.717, 1.165) is 47.5 Å². The largest absolute Gasteiger partial charge is 0.328 e. The number of hydrogen-bond acceptors (Lipinski definition) is 2. The average molecular weight is 441 g/mol. The van der Waals surface area contributed by atoms with Crippen LogP contribution in [0.15, 0.2) is 11.6 Å². The Kier molecular flexibility index (Phi) is 6.14. The molecular weight excluding hydrogens is 388 g/mol. The molecule has 2 heteroatoms. The van der Waals surface area contributed by atoms with Crippen LogP contribution in [0, 0.1) is 52.3 Å². The van der Waals surface area contributed by atoms with Crippen molar-refractivity contribution in [2.45, 2.75) is 111 Å². The summed E-state index contributed by atoms with van der Waals surface area (Å²) in [6.45, 7) is 14.2. The van der Waals surface area contributed by atoms with Crippen LogP contribution in [-0.4, -0.2) is 30.6 Å². The standard InChI is InChI=1S/C30H52N2/c1-19(2)23-13-16-32(6)28(23)17-20(3)25-9-10-26-24-8-7-21-18-22(31)11-14-29(21,4)27(24)12-15-30(25,26)5/h8,19-23,25-28H,7,9-18,31H2,1-6H3/t20-,21+,22-,23-,25-,26+,27+,28-,29+,30-/m1/s1. The second-order valence-electron chi connectivity index (χ2n) is 14.0. The fourth-order valence-corrected chi connectivity index (χ4v) is 10.2. The predicted octanol–water partition coefficient (Wildman–Crippen LogP) is 6.90. The van der Waals surface area contributed by atoms with E-state index < -0.39 is 0 Å². The Bertz CT molecular complexity index is 726. The summed E-state index contributed by atoms with van der Waals surface area (Å²) < 4.78 is 0. The Balaban J connectivity index is 1.34. The monoisotopic (exact) mass is 440 g/mol. The van der Waals surface area contributed by atoms with Crippen molar-refractivity contribution in [1.29, 1.82) is 0 Å². The van der Waals surface area contributed by atoms with Gasteiger partial charge in [0.25, 0.3) is 0 Å². The maximum Gasteiger partial charge on any atom is 0.0126 e. The molecule has 0 amide bonds. The number of nitrogens with two attached hydrogens (primary N) is 1. The lowest BCUT2D eigenvalue weighted by atomic mass is 9.47. The van der Waals surface area contributed by atoms with Crippen molar-refractivity contribution in [2.75, 3.05) is 13.6 Å². The highest BCUT2D eigenvalue weighted by atomic mass is 15.2. The van der Waals surface area contributed by atoms with Gasteiger partial charge in [0.1, 0.15) is 0 Å². The molecule has 1 heterocycles. The molecule has 0 unspecified atom stereocenters. The molecule has 3 saturated carbocycles. The van der Waals surface area contributed by atoms with Crippen molar-refractivity contribution in [2.24, 2.45) is 58.0 Å². The zero-order chi connectivity index (χ0) is 22.8. The highest BCUT2D eigenvalue weighted by molar-refractivity contribution is 5.28. The van der Waals surface area contributed by atoms with Crippen molar-refractivity contribution in [3.8, 4) is 0 Å². The topological polar surface area (TPSA) is 29.3 Å². The Morgan fingerprint density at radius 1 is 1.00 bits per heavy atom. The van der Waals surface area contributed by atoms with Crippen LogP contribution in [-0.2, 0) is 0 Å². The summed E-state index contributed by atoms with van der Waals surface area (Å²) >= 11 is 0. The molecule has 0 aromatic rings. The summed E-state index contributed by atoms with van der Waals surface area (Å²) in [6, 6.07) is 1.26. The Labute approximate surface area is 199 Å². The van der Waals surface area contributed by atoms with Crippen molar-refractivity contribution < 1.29 is 0 Å². The van der Waals surface area contributed by atoms with Gasteiger partial charge in [-0.25, -0.2) is 0 Å². The van der Waals surface area contributed by atoms with E-state index in [1.165, 1.54) is 70.8 Å². The zero-order valence-electron chi connectivity index (χ0n) is 22.1. The molecule has 4 fully saturated rings. The number of fused-ring (bicyclic) bond motifs is 5. The van der Waals surface area contributed by atoms with E-state index in [-0.39, 0.29) is 0 Å². The summed E-state index contributed by atoms with van der Waals surface area (Å²) in [5.74, 6) is 6.06. The molecule has 2 nitrogen and oxygen atoms in total. The molecule has 2 N–H and O–H groups in total. The molecule has 0 spiro atoms. The quantitative estimate of drug-likeness (QED) is 0.482. The molecule has 0 aromatic carbocycles. The van der Waals surface area contributed by atoms with E-state index in [0.29, 0.717) is 16.9 Å². The minimum Gasteiger partial charge on any atom is -0.328 e. The molecule has 4 aliphatic carbocycles. The Morgan fingerprint density at radius 3 is 2.47 bits per heavy atom. The van der Waals surface area contributed by atoms with Gasteiger partial charge in [-0.05, 0) is 130 Å². The van der Waals surface area contributed by atoms with E-state index in [2.05, 4.69) is 52.6 Å². The zero-order valence-corrected chi connectivity index (χ0v) is 22.1. The molecule has 0 radical (unpaired) electrons. The third-order valence-electron chi connectivity index (χ3n) is 12.2. The number of nitrogens with zero attached hydrogens (tertiary/aromatic N) is 1. The SMILES string of the molecule is CC(C)[C@H]1CCN(C)[C@@H]1C[C@@H](C)[C@H]1CC[C@H]2C3=CC[C@H]4C[C@H](N)CC[C@]4(C)[C@H]3CC[C@]12C. The van der Waals surface area contributed by atoms with Gasteiger partial charge in [0, 0.05) is 12.1 Å². The number of allylic oxidation sites excluding steroid dienone is 2. The molecule has 0 bridgehead atoms. The van der Waals surface area contributed by atoms with Crippen LogP contribution in [0.5, 0.6) is 0 Å². The van der Waals surface area contributed by atoms with Crippen molar-refractivity contribution in [3.05, 3.63) is 11.6 Å². The van der Waals surface area contributed by atoms with Gasteiger partial charge >= 0.3 is 0 Å². The first-order chi connectivity index (χ1) is 15.1. The highest BCUT2D eigenvalue weighted by Gasteiger charge is 2.58. The van der Waals surface area contributed by atoms with Crippen LogP contribution in [0.3, 0.4) is 0 Å². The fraction of sp³-hybridized carbons (Fsp3) is 0.933. The van der Waals surface area contributed by atoms with E-state index in [1.807, 2.05) is 5.57 Å². The van der Waals surface area contributed by atoms with Crippen LogP contribution >= 0.6 is 0 Å². The molecule has 182 valence electrons. The summed E-state index contributed by atoms with van der Waals surface area (Å²) in [4.78, 5) is 2.70. The molecular formula is C30H52N2. The summed E-state index contributed by atoms with van der Waals surface area (Å²) in [7, 11) is 2.39. The van der Waals surface area contributed by atoms with Crippen LogP contribution < -0.4 is 5.73 Å². The maximum atomic E-state index is 6.41. The van der Waals surface area contributed by atoms with Crippen LogP contribution in [0.1, 0.15) is 98.8 Å². The van der Waals surface area contributed by atoms with Crippen molar-refractivity contribution in [1.82, 2.24) is 4.90 Å². The third-order valence-corrected chi connectivity index (χ3v) is 12.2. The fourth-order valence-electron chi connectivity index (χ4n) is 10.2. The average Bonchev–Trinajstić information content (AvgIpc) is 3.28. The lowest BCUT2D eigenvalue weighted by Gasteiger charge is -2.58. The number of rotatable bonds is 4. The van der Waals surface area contributed by atoms with Gasteiger partial charge in [-0.2, -0.15) is 0 Å². The minimum absolute atomic E-state index is 0.456. The van der Waals surface area contributed by atoms with Gasteiger partial charge in [0.15, 0.2) is 0 Å². The molecule has 32 heavy (non-hydrogen) atoms. The smallest absolute Gasteiger partial charge is 0.0126 e. The van der Waals surface area contributed by atoms with Crippen molar-refractivity contribution >= 4 is 0 Å². The third kappa shape index (κ3) is 3.57. The van der Waals surface area contributed by atoms with E-state index >= 15 is 0 Å². The van der Waals surface area contributed by atoms with Crippen LogP contribution in [0.4, 0.5) is 0 Å². The molecule has 5 aliphatic rings. The lowest BCUT2D eigenvalue weighted by molar-refractivity contribution is -0.0135. The molecule has 5 rings (SSSR count). The van der Waals surface area contributed by atoms with Gasteiger partial charge < -0.3 is 10.6 Å². The molecule has 1 aliphatic heterocycles. The summed E-state index contributed by atoms with van der Waals surface area (Å²) in [5, 5.41) is 0. The number of likely N-dealkylation sites (tertiary alicyclic amines) is 1. The lowest BCUT2D eigenvalue weighted by Crippen LogP contribution is -2.51. The summed E-state index contributed by atoms with van der Waals surface area (Å²) in [5.41, 5.74) is 9.40. The van der Waals surface area contributed by atoms with Gasteiger partial charge in [0.2, 0.25) is 0 Å². The minimum atomic E-state index is 0.456. The second kappa shape index (κ2) is 8.40. The van der Waals surface area contributed by atoms with Gasteiger partial charge in [-0.15, -0.1) is 0 Å². The van der Waals surface area contributed by atoms with Gasteiger partial charge in [0.05, 0.1) is 0 Å². The van der Waals surface area contributed by atoms with E-state index in [4.69, 9.17) is 5.73 Å². The highest BCUT2D eigenvalue weighted by Crippen LogP contribution is 2.67. The van der Waals surface area contributed by atoms with Crippen LogP contribution in [0.2, 0.25) is 0 Å². The normalized spacial score (nSPS) is 50.0. The molecule has 1 saturated heterocycles. The van der Waals surface area contributed by atoms with Crippen molar-refractivity contribution in [3.63, 3.8) is 0 Å². The molecule has 0 aromatic heterocycles. The number of hydrogen-bond donors (Lipinski definition) is 1. The maximum absolute atomic E-state index is 6.41. The first-order valence-corrected chi connectivity index (χ1v) is 14.3. The molecule has 10 atom stereocenters. The first-order valence-electron chi connectivity index (χ1n) is 14.3. The Morgan fingerprint density at radius 2 is 1.72 bits per heavy atom. The Hall–Kier alpha value is -0.340. The van der Waals surface area contributed by atoms with E-state index in [1.54, 1.807) is 0 Å². The van der Waals surface area contributed by atoms with Gasteiger partial charge in [-0.3, -0.25) is 0 Å². The first kappa shape index (κ1) is 23.4. The predicted molar refractivity (Wildman–Crippen MR) is 136 cm³/mol. The summed E-state index contributed by atoms with van der Waals surface area (Å²) in [6.07, 6.45) is 16.6. The second-order valence-corrected chi connectivity index (χ2v) is 14.0. The van der Waals surface area contributed by atoms with Crippen LogP contribution in [0.25, 0.3) is 0 Å².